The fourth-order valence-electron chi connectivity index (χ4n) is 2.81. The molecule has 0 aromatic heterocycles. The number of anilines is 3. The molecular weight excluding hydrogens is 302 g/mol. The zero-order valence-corrected chi connectivity index (χ0v) is 13.9. The molecule has 3 amide bonds. The Bertz CT molecular complexity index is 769. The van der Waals surface area contributed by atoms with Gasteiger partial charge in [-0.1, -0.05) is 23.8 Å². The first-order chi connectivity index (χ1) is 11.5. The van der Waals surface area contributed by atoms with Gasteiger partial charge in [-0.25, -0.2) is 4.79 Å². The van der Waals surface area contributed by atoms with Gasteiger partial charge in [0.25, 0.3) is 0 Å². The van der Waals surface area contributed by atoms with E-state index in [9.17, 15) is 9.59 Å². The maximum absolute atomic E-state index is 12.1. The predicted octanol–water partition coefficient (Wildman–Crippen LogP) is 4.07. The summed E-state index contributed by atoms with van der Waals surface area (Å²) in [5.41, 5.74) is 4.43. The van der Waals surface area contributed by atoms with Gasteiger partial charge in [0, 0.05) is 30.0 Å². The molecule has 1 heterocycles. The summed E-state index contributed by atoms with van der Waals surface area (Å²) in [7, 11) is 0. The number of nitrogens with zero attached hydrogens (tertiary/aromatic N) is 1. The van der Waals surface area contributed by atoms with Crippen molar-refractivity contribution in [2.75, 3.05) is 22.1 Å². The normalized spacial score (nSPS) is 13.9. The van der Waals surface area contributed by atoms with E-state index in [0.717, 1.165) is 35.5 Å². The molecule has 5 nitrogen and oxygen atoms in total. The minimum absolute atomic E-state index is 0.138. The average molecular weight is 323 g/mol. The van der Waals surface area contributed by atoms with E-state index >= 15 is 0 Å². The molecule has 5 heteroatoms. The number of aryl methyl sites for hydroxylation is 2. The highest BCUT2D eigenvalue weighted by molar-refractivity contribution is 6.01. The Morgan fingerprint density at radius 2 is 1.67 bits per heavy atom. The van der Waals surface area contributed by atoms with Gasteiger partial charge >= 0.3 is 6.03 Å². The molecule has 124 valence electrons. The van der Waals surface area contributed by atoms with Crippen LogP contribution in [0, 0.1) is 13.8 Å². The van der Waals surface area contributed by atoms with Crippen molar-refractivity contribution < 1.29 is 9.59 Å². The van der Waals surface area contributed by atoms with Crippen LogP contribution in [0.25, 0.3) is 0 Å². The molecule has 0 spiro atoms. The SMILES string of the molecule is Cc1ccc(NC(=O)Nc2ccc(C)c(N3CCCC3=O)c2)cc1. The van der Waals surface area contributed by atoms with Gasteiger partial charge < -0.3 is 15.5 Å². The van der Waals surface area contributed by atoms with E-state index in [2.05, 4.69) is 10.6 Å². The summed E-state index contributed by atoms with van der Waals surface area (Å²) < 4.78 is 0. The Balaban J connectivity index is 1.71. The standard InChI is InChI=1S/C19H21N3O2/c1-13-5-8-15(9-6-13)20-19(24)21-16-10-7-14(2)17(12-16)22-11-3-4-18(22)23/h5-10,12H,3-4,11H2,1-2H3,(H2,20,21,24). The third-order valence-corrected chi connectivity index (χ3v) is 4.14. The molecule has 24 heavy (non-hydrogen) atoms. The van der Waals surface area contributed by atoms with Crippen LogP contribution in [0.15, 0.2) is 42.5 Å². The molecule has 1 fully saturated rings. The van der Waals surface area contributed by atoms with E-state index in [4.69, 9.17) is 0 Å². The molecule has 1 aliphatic heterocycles. The summed E-state index contributed by atoms with van der Waals surface area (Å²) in [5, 5.41) is 5.62. The molecule has 0 atom stereocenters. The highest BCUT2D eigenvalue weighted by atomic mass is 16.2. The van der Waals surface area contributed by atoms with E-state index in [1.165, 1.54) is 0 Å². The zero-order valence-electron chi connectivity index (χ0n) is 13.9. The van der Waals surface area contributed by atoms with Crippen molar-refractivity contribution in [1.82, 2.24) is 0 Å². The summed E-state index contributed by atoms with van der Waals surface area (Å²) >= 11 is 0. The number of hydrogen-bond acceptors (Lipinski definition) is 2. The average Bonchev–Trinajstić information content (AvgIpc) is 2.97. The van der Waals surface area contributed by atoms with Gasteiger partial charge in [-0.2, -0.15) is 0 Å². The van der Waals surface area contributed by atoms with Gasteiger partial charge in [-0.05, 0) is 50.1 Å². The van der Waals surface area contributed by atoms with E-state index < -0.39 is 0 Å². The Hall–Kier alpha value is -2.82. The number of rotatable bonds is 3. The van der Waals surface area contributed by atoms with Gasteiger partial charge in [0.2, 0.25) is 5.91 Å². The van der Waals surface area contributed by atoms with Crippen LogP contribution in [0.4, 0.5) is 21.9 Å². The summed E-state index contributed by atoms with van der Waals surface area (Å²) in [5.74, 6) is 0.138. The molecule has 0 aliphatic carbocycles. The van der Waals surface area contributed by atoms with Gasteiger partial charge in [0.15, 0.2) is 0 Å². The van der Waals surface area contributed by atoms with Crippen LogP contribution in [0.3, 0.4) is 0 Å². The topological polar surface area (TPSA) is 61.4 Å². The van der Waals surface area contributed by atoms with Gasteiger partial charge in [-0.3, -0.25) is 4.79 Å². The first kappa shape index (κ1) is 16.1. The molecule has 1 aliphatic rings. The van der Waals surface area contributed by atoms with Gasteiger partial charge in [0.05, 0.1) is 0 Å². The smallest absolute Gasteiger partial charge is 0.312 e. The maximum atomic E-state index is 12.1. The molecule has 3 rings (SSSR count). The lowest BCUT2D eigenvalue weighted by molar-refractivity contribution is -0.117. The molecule has 1 saturated heterocycles. The molecular formula is C19H21N3O2. The third kappa shape index (κ3) is 3.56. The van der Waals surface area contributed by atoms with E-state index in [0.29, 0.717) is 12.1 Å². The van der Waals surface area contributed by atoms with Crippen LogP contribution in [0.2, 0.25) is 0 Å². The van der Waals surface area contributed by atoms with Crippen molar-refractivity contribution in [2.24, 2.45) is 0 Å². The van der Waals surface area contributed by atoms with Crippen molar-refractivity contribution in [1.29, 1.82) is 0 Å². The summed E-state index contributed by atoms with van der Waals surface area (Å²) in [6.07, 6.45) is 1.47. The fraction of sp³-hybridized carbons (Fsp3) is 0.263. The number of urea groups is 1. The van der Waals surface area contributed by atoms with Crippen molar-refractivity contribution in [3.63, 3.8) is 0 Å². The van der Waals surface area contributed by atoms with E-state index in [1.807, 2.05) is 56.3 Å². The van der Waals surface area contributed by atoms with Gasteiger partial charge in [-0.15, -0.1) is 0 Å². The quantitative estimate of drug-likeness (QED) is 0.894. The third-order valence-electron chi connectivity index (χ3n) is 4.14. The van der Waals surface area contributed by atoms with E-state index in [-0.39, 0.29) is 11.9 Å². The minimum Gasteiger partial charge on any atom is -0.312 e. The van der Waals surface area contributed by atoms with Crippen LogP contribution in [-0.4, -0.2) is 18.5 Å². The highest BCUT2D eigenvalue weighted by Gasteiger charge is 2.23. The Labute approximate surface area is 141 Å². The largest absolute Gasteiger partial charge is 0.323 e. The highest BCUT2D eigenvalue weighted by Crippen LogP contribution is 2.28. The monoisotopic (exact) mass is 323 g/mol. The first-order valence-electron chi connectivity index (χ1n) is 8.08. The number of hydrogen-bond donors (Lipinski definition) is 2. The molecule has 2 N–H and O–H groups in total. The molecule has 2 aromatic carbocycles. The number of amides is 3. The second-order valence-electron chi connectivity index (χ2n) is 6.10. The molecule has 0 unspecified atom stereocenters. The number of nitrogens with one attached hydrogen (secondary N) is 2. The summed E-state index contributed by atoms with van der Waals surface area (Å²) in [6, 6.07) is 12.9. The lowest BCUT2D eigenvalue weighted by Gasteiger charge is -2.19. The lowest BCUT2D eigenvalue weighted by atomic mass is 10.1. The van der Waals surface area contributed by atoms with Crippen molar-refractivity contribution in [3.05, 3.63) is 53.6 Å². The Morgan fingerprint density at radius 1 is 1.00 bits per heavy atom. The van der Waals surface area contributed by atoms with Crippen LogP contribution in [0.5, 0.6) is 0 Å². The predicted molar refractivity (Wildman–Crippen MR) is 96.6 cm³/mol. The summed E-state index contributed by atoms with van der Waals surface area (Å²) in [4.78, 5) is 25.9. The second kappa shape index (κ2) is 6.74. The number of carbonyl (C=O) groups excluding carboxylic acids is 2. The zero-order chi connectivity index (χ0) is 17.1. The number of benzene rings is 2. The molecule has 0 bridgehead atoms. The van der Waals surface area contributed by atoms with Crippen LogP contribution in [0.1, 0.15) is 24.0 Å². The molecule has 0 saturated carbocycles. The minimum atomic E-state index is -0.304. The first-order valence-corrected chi connectivity index (χ1v) is 8.08. The van der Waals surface area contributed by atoms with Crippen molar-refractivity contribution >= 4 is 29.0 Å². The summed E-state index contributed by atoms with van der Waals surface area (Å²) in [6.45, 7) is 4.70. The molecule has 2 aromatic rings. The lowest BCUT2D eigenvalue weighted by Crippen LogP contribution is -2.25. The number of carbonyl (C=O) groups is 2. The van der Waals surface area contributed by atoms with Crippen LogP contribution in [-0.2, 0) is 4.79 Å². The van der Waals surface area contributed by atoms with Crippen molar-refractivity contribution in [3.8, 4) is 0 Å². The van der Waals surface area contributed by atoms with Gasteiger partial charge in [0.1, 0.15) is 0 Å². The maximum Gasteiger partial charge on any atom is 0.323 e. The Morgan fingerprint density at radius 3 is 2.33 bits per heavy atom. The Kier molecular flexibility index (Phi) is 4.51. The fourth-order valence-corrected chi connectivity index (χ4v) is 2.81. The van der Waals surface area contributed by atoms with Crippen molar-refractivity contribution in [2.45, 2.75) is 26.7 Å². The molecule has 0 radical (unpaired) electrons. The van der Waals surface area contributed by atoms with Crippen LogP contribution >= 0.6 is 0 Å². The van der Waals surface area contributed by atoms with E-state index in [1.54, 1.807) is 4.90 Å². The van der Waals surface area contributed by atoms with Crippen LogP contribution < -0.4 is 15.5 Å². The second-order valence-corrected chi connectivity index (χ2v) is 6.10.